The Morgan fingerprint density at radius 2 is 2.45 bits per heavy atom. The summed E-state index contributed by atoms with van der Waals surface area (Å²) in [6.45, 7) is 0. The molecule has 0 aromatic carbocycles. The zero-order chi connectivity index (χ0) is 8.69. The SMILES string of the molecule is O=P#CCCC(NCl)C(=O)O. The Morgan fingerprint density at radius 3 is 2.82 bits per heavy atom. The number of hydrogen-bond donors (Lipinski definition) is 2. The summed E-state index contributed by atoms with van der Waals surface area (Å²) in [6.07, 6.45) is 0.621. The summed E-state index contributed by atoms with van der Waals surface area (Å²) in [5.74, 6) is -1.02. The normalized spacial score (nSPS) is 11.7. The fourth-order valence-corrected chi connectivity index (χ4v) is 0.902. The van der Waals surface area contributed by atoms with E-state index in [0.717, 1.165) is 0 Å². The van der Waals surface area contributed by atoms with Crippen LogP contribution < -0.4 is 4.84 Å². The van der Waals surface area contributed by atoms with Crippen molar-refractivity contribution in [2.24, 2.45) is 0 Å². The molecule has 0 aromatic rings. The average molecular weight is 196 g/mol. The second-order valence-corrected chi connectivity index (χ2v) is 2.51. The molecule has 0 bridgehead atoms. The molecule has 0 spiro atoms. The first kappa shape index (κ1) is 10.7. The van der Waals surface area contributed by atoms with Gasteiger partial charge in [0.15, 0.2) is 0 Å². The van der Waals surface area contributed by atoms with E-state index in [1.54, 1.807) is 0 Å². The van der Waals surface area contributed by atoms with Crippen LogP contribution in [0.2, 0.25) is 0 Å². The Hall–Kier alpha value is -0.270. The number of carboxylic acid groups (broad SMARTS) is 1. The van der Waals surface area contributed by atoms with Gasteiger partial charge in [-0.25, -0.2) is 0 Å². The van der Waals surface area contributed by atoms with Gasteiger partial charge < -0.3 is 0 Å². The van der Waals surface area contributed by atoms with Crippen molar-refractivity contribution in [3.8, 4) is 5.63 Å². The second-order valence-electron chi connectivity index (χ2n) is 1.79. The molecule has 1 atom stereocenters. The molecule has 0 heterocycles. The zero-order valence-corrected chi connectivity index (χ0v) is 7.23. The molecule has 0 amide bonds. The molecule has 2 N–H and O–H groups in total. The van der Waals surface area contributed by atoms with E-state index in [1.165, 1.54) is 0 Å². The Kier molecular flexibility index (Phi) is 6.28. The predicted octanol–water partition coefficient (Wildman–Crippen LogP) is 1.21. The number of nitrogens with one attached hydrogen (secondary N) is 1. The summed E-state index contributed by atoms with van der Waals surface area (Å²) in [6, 6.07) is -0.800. The van der Waals surface area contributed by atoms with Crippen molar-refractivity contribution >= 4 is 25.7 Å². The Labute approximate surface area is 70.2 Å². The third kappa shape index (κ3) is 5.05. The number of halogens is 1. The van der Waals surface area contributed by atoms with Gasteiger partial charge in [-0.15, -0.1) is 0 Å². The molecule has 1 unspecified atom stereocenters. The van der Waals surface area contributed by atoms with Crippen LogP contribution in [0.4, 0.5) is 0 Å². The van der Waals surface area contributed by atoms with Gasteiger partial charge in [0, 0.05) is 0 Å². The van der Waals surface area contributed by atoms with E-state index in [-0.39, 0.29) is 14.3 Å². The number of carboxylic acids is 1. The summed E-state index contributed by atoms with van der Waals surface area (Å²) in [5.41, 5.74) is 2.42. The molecule has 4 nitrogen and oxygen atoms in total. The fourth-order valence-electron chi connectivity index (χ4n) is 0.479. The van der Waals surface area contributed by atoms with Crippen molar-refractivity contribution in [2.75, 3.05) is 0 Å². The minimum atomic E-state index is -1.02. The van der Waals surface area contributed by atoms with Crippen molar-refractivity contribution in [1.29, 1.82) is 0 Å². The Morgan fingerprint density at radius 1 is 1.82 bits per heavy atom. The van der Waals surface area contributed by atoms with Gasteiger partial charge in [0.25, 0.3) is 0 Å². The first-order valence-electron chi connectivity index (χ1n) is 2.86. The predicted molar refractivity (Wildman–Crippen MR) is 41.1 cm³/mol. The van der Waals surface area contributed by atoms with Gasteiger partial charge in [0.1, 0.15) is 0 Å². The fraction of sp³-hybridized carbons (Fsp3) is 0.600. The molecular formula is C5H7ClNO3P. The van der Waals surface area contributed by atoms with Crippen LogP contribution >= 0.6 is 19.7 Å². The second kappa shape index (κ2) is 6.44. The van der Waals surface area contributed by atoms with E-state index in [2.05, 4.69) is 10.5 Å². The van der Waals surface area contributed by atoms with Crippen LogP contribution in [0.3, 0.4) is 0 Å². The summed E-state index contributed by atoms with van der Waals surface area (Å²) in [7, 11) is -0.205. The molecule has 0 radical (unpaired) electrons. The van der Waals surface area contributed by atoms with Crippen molar-refractivity contribution < 1.29 is 14.5 Å². The van der Waals surface area contributed by atoms with Crippen LogP contribution in [0.1, 0.15) is 12.8 Å². The first-order valence-corrected chi connectivity index (χ1v) is 4.05. The Bertz CT molecular complexity index is 225. The van der Waals surface area contributed by atoms with E-state index < -0.39 is 12.0 Å². The molecule has 62 valence electrons. The summed E-state index contributed by atoms with van der Waals surface area (Å²) in [4.78, 5) is 12.4. The molecule has 0 saturated carbocycles. The molecule has 6 heteroatoms. The third-order valence-corrected chi connectivity index (χ3v) is 1.66. The van der Waals surface area contributed by atoms with E-state index in [9.17, 15) is 9.36 Å². The maximum atomic E-state index is 10.3. The average Bonchev–Trinajstić information content (AvgIpc) is 1.97. The Balaban J connectivity index is 3.75. The monoisotopic (exact) mass is 195 g/mol. The van der Waals surface area contributed by atoms with Crippen LogP contribution in [0.5, 0.6) is 0 Å². The van der Waals surface area contributed by atoms with E-state index in [0.29, 0.717) is 6.42 Å². The van der Waals surface area contributed by atoms with Crippen LogP contribution in [0, 0.1) is 5.63 Å². The van der Waals surface area contributed by atoms with Gasteiger partial charge in [0.05, 0.1) is 0 Å². The van der Waals surface area contributed by atoms with Crippen LogP contribution in [-0.2, 0) is 9.36 Å². The number of carbonyl (C=O) groups is 1. The zero-order valence-electron chi connectivity index (χ0n) is 5.58. The number of rotatable bonds is 4. The van der Waals surface area contributed by atoms with Gasteiger partial charge in [-0.2, -0.15) is 0 Å². The van der Waals surface area contributed by atoms with Crippen LogP contribution in [0.25, 0.3) is 0 Å². The maximum absolute atomic E-state index is 10.3. The van der Waals surface area contributed by atoms with Crippen molar-refractivity contribution in [3.63, 3.8) is 0 Å². The molecule has 0 aromatic heterocycles. The van der Waals surface area contributed by atoms with Crippen molar-refractivity contribution in [2.45, 2.75) is 18.9 Å². The molecule has 0 saturated heterocycles. The van der Waals surface area contributed by atoms with Gasteiger partial charge in [-0.05, 0) is 0 Å². The molecule has 0 fully saturated rings. The molecule has 0 aliphatic rings. The summed E-state index contributed by atoms with van der Waals surface area (Å²) in [5, 5.41) is 8.42. The van der Waals surface area contributed by atoms with Crippen LogP contribution in [-0.4, -0.2) is 17.1 Å². The van der Waals surface area contributed by atoms with E-state index >= 15 is 0 Å². The summed E-state index contributed by atoms with van der Waals surface area (Å²) < 4.78 is 9.83. The van der Waals surface area contributed by atoms with E-state index in [1.807, 2.05) is 0 Å². The molecule has 11 heavy (non-hydrogen) atoms. The minimum absolute atomic E-state index is 0.205. The van der Waals surface area contributed by atoms with Crippen molar-refractivity contribution in [1.82, 2.24) is 4.84 Å². The number of hydrogen-bond acceptors (Lipinski definition) is 3. The van der Waals surface area contributed by atoms with Gasteiger partial charge in [0.2, 0.25) is 0 Å². The third-order valence-electron chi connectivity index (χ3n) is 1.04. The first-order chi connectivity index (χ1) is 5.22. The molecule has 0 rings (SSSR count). The number of aliphatic carboxylic acids is 1. The quantitative estimate of drug-likeness (QED) is 0.523. The van der Waals surface area contributed by atoms with Gasteiger partial charge >= 0.3 is 69.5 Å². The van der Waals surface area contributed by atoms with Gasteiger partial charge in [-0.1, -0.05) is 0 Å². The van der Waals surface area contributed by atoms with Gasteiger partial charge in [-0.3, -0.25) is 0 Å². The molecule has 0 aliphatic carbocycles. The standard InChI is InChI=1S/C5H7ClNO3P/c6-7-4(5(8)9)2-1-3-11-10/h4,7H,1-2H2,(H,8,9). The van der Waals surface area contributed by atoms with Crippen LogP contribution in [0.15, 0.2) is 0 Å². The molecular weight excluding hydrogens is 188 g/mol. The summed E-state index contributed by atoms with van der Waals surface area (Å²) >= 11 is 5.10. The van der Waals surface area contributed by atoms with E-state index in [4.69, 9.17) is 16.9 Å². The van der Waals surface area contributed by atoms with Crippen molar-refractivity contribution in [3.05, 3.63) is 0 Å². The molecule has 0 aliphatic heterocycles. The topological polar surface area (TPSA) is 66.4 Å².